The number of likely N-dealkylation sites (N-methyl/N-ethyl adjacent to an activating group) is 1. The molecular weight excluding hydrogens is 303 g/mol. The van der Waals surface area contributed by atoms with Gasteiger partial charge in [-0.15, -0.1) is 0 Å². The third-order valence-corrected chi connectivity index (χ3v) is 5.50. The van der Waals surface area contributed by atoms with Gasteiger partial charge in [0.1, 0.15) is 0 Å². The third-order valence-electron chi connectivity index (χ3n) is 4.79. The van der Waals surface area contributed by atoms with Crippen molar-refractivity contribution >= 4 is 23.2 Å². The first-order valence-electron chi connectivity index (χ1n) is 7.90. The van der Waals surface area contributed by atoms with Crippen LogP contribution in [0.25, 0.3) is 0 Å². The summed E-state index contributed by atoms with van der Waals surface area (Å²) in [5.41, 5.74) is 7.59. The van der Waals surface area contributed by atoms with Crippen molar-refractivity contribution < 1.29 is 0 Å². The molecule has 1 unspecified atom stereocenters. The summed E-state index contributed by atoms with van der Waals surface area (Å²) in [5, 5.41) is 1.41. The number of nitrogens with two attached hydrogens (primary N) is 1. The van der Waals surface area contributed by atoms with Gasteiger partial charge in [0.2, 0.25) is 0 Å². The molecule has 21 heavy (non-hydrogen) atoms. The molecule has 0 saturated carbocycles. The molecule has 0 amide bonds. The average molecular weight is 331 g/mol. The lowest BCUT2D eigenvalue weighted by atomic mass is 9.80. The lowest BCUT2D eigenvalue weighted by Crippen LogP contribution is -2.60. The van der Waals surface area contributed by atoms with Gasteiger partial charge in [-0.05, 0) is 50.0 Å². The summed E-state index contributed by atoms with van der Waals surface area (Å²) in [6.45, 7) is 10.8. The van der Waals surface area contributed by atoms with E-state index in [9.17, 15) is 0 Å². The molecule has 0 aromatic heterocycles. The van der Waals surface area contributed by atoms with Crippen LogP contribution < -0.4 is 5.73 Å². The molecule has 0 heterocycles. The Kier molecular flexibility index (Phi) is 7.49. The van der Waals surface area contributed by atoms with Gasteiger partial charge < -0.3 is 5.73 Å². The quantitative estimate of drug-likeness (QED) is 0.744. The van der Waals surface area contributed by atoms with Crippen LogP contribution >= 0.6 is 23.2 Å². The van der Waals surface area contributed by atoms with Gasteiger partial charge in [-0.25, -0.2) is 0 Å². The van der Waals surface area contributed by atoms with Crippen molar-refractivity contribution in [2.75, 3.05) is 13.1 Å². The predicted molar refractivity (Wildman–Crippen MR) is 94.4 cm³/mol. The van der Waals surface area contributed by atoms with Gasteiger partial charge >= 0.3 is 0 Å². The van der Waals surface area contributed by atoms with Crippen molar-refractivity contribution in [3.8, 4) is 0 Å². The molecule has 1 atom stereocenters. The molecule has 0 saturated heterocycles. The number of hydrogen-bond acceptors (Lipinski definition) is 2. The third kappa shape index (κ3) is 3.92. The summed E-state index contributed by atoms with van der Waals surface area (Å²) in [5.74, 6) is 0. The molecule has 0 radical (unpaired) electrons. The van der Waals surface area contributed by atoms with Crippen molar-refractivity contribution in [1.82, 2.24) is 4.90 Å². The zero-order valence-electron chi connectivity index (χ0n) is 13.6. The van der Waals surface area contributed by atoms with Crippen LogP contribution in [0.3, 0.4) is 0 Å². The van der Waals surface area contributed by atoms with Gasteiger partial charge in [-0.3, -0.25) is 4.90 Å². The van der Waals surface area contributed by atoms with Crippen LogP contribution in [0.15, 0.2) is 18.2 Å². The number of hydrogen-bond donors (Lipinski definition) is 1. The van der Waals surface area contributed by atoms with E-state index in [1.54, 1.807) is 0 Å². The zero-order valence-corrected chi connectivity index (χ0v) is 15.1. The highest BCUT2D eigenvalue weighted by Crippen LogP contribution is 2.32. The minimum atomic E-state index is -0.00794. The van der Waals surface area contributed by atoms with Gasteiger partial charge in [0.15, 0.2) is 0 Å². The average Bonchev–Trinajstić information content (AvgIpc) is 2.48. The summed E-state index contributed by atoms with van der Waals surface area (Å²) >= 11 is 12.6. The van der Waals surface area contributed by atoms with Crippen LogP contribution in [-0.4, -0.2) is 29.6 Å². The second-order valence-electron chi connectivity index (χ2n) is 5.49. The molecule has 0 aliphatic heterocycles. The Balaban J connectivity index is 3.10. The van der Waals surface area contributed by atoms with E-state index in [0.717, 1.165) is 31.5 Å². The van der Waals surface area contributed by atoms with Gasteiger partial charge in [-0.1, -0.05) is 57.0 Å². The van der Waals surface area contributed by atoms with Crippen molar-refractivity contribution in [2.24, 2.45) is 5.73 Å². The maximum Gasteiger partial charge on any atom is 0.0453 e. The monoisotopic (exact) mass is 330 g/mol. The molecule has 0 aliphatic carbocycles. The van der Waals surface area contributed by atoms with Gasteiger partial charge in [-0.2, -0.15) is 0 Å². The Labute approximate surface area is 139 Å². The van der Waals surface area contributed by atoms with Gasteiger partial charge in [0.05, 0.1) is 0 Å². The van der Waals surface area contributed by atoms with E-state index >= 15 is 0 Å². The molecule has 120 valence electrons. The van der Waals surface area contributed by atoms with Crippen LogP contribution in [0.1, 0.15) is 46.1 Å². The molecule has 4 heteroatoms. The highest BCUT2D eigenvalue weighted by molar-refractivity contribution is 6.36. The maximum atomic E-state index is 6.64. The summed E-state index contributed by atoms with van der Waals surface area (Å²) in [7, 11) is 0. The first-order chi connectivity index (χ1) is 9.96. The first kappa shape index (κ1) is 18.8. The van der Waals surface area contributed by atoms with Crippen LogP contribution in [0.2, 0.25) is 10.0 Å². The molecule has 2 N–H and O–H groups in total. The van der Waals surface area contributed by atoms with E-state index < -0.39 is 0 Å². The molecule has 1 aromatic rings. The second-order valence-corrected chi connectivity index (χ2v) is 6.31. The van der Waals surface area contributed by atoms with Crippen LogP contribution in [-0.2, 0) is 6.42 Å². The second kappa shape index (κ2) is 8.38. The Morgan fingerprint density at radius 2 is 1.52 bits per heavy atom. The summed E-state index contributed by atoms with van der Waals surface area (Å²) in [6.07, 6.45) is 2.75. The van der Waals surface area contributed by atoms with Crippen LogP contribution in [0.4, 0.5) is 0 Å². The fraction of sp³-hybridized carbons (Fsp3) is 0.647. The Bertz CT molecular complexity index is 420. The summed E-state index contributed by atoms with van der Waals surface area (Å²) < 4.78 is 0. The van der Waals surface area contributed by atoms with Crippen molar-refractivity contribution in [3.63, 3.8) is 0 Å². The number of rotatable bonds is 8. The molecular formula is C17H28Cl2N2. The Hall–Kier alpha value is -0.280. The number of benzene rings is 1. The standard InChI is InChI=1S/C17H28Cl2N2/c1-5-17(6-2,21(7-3)8-4)16(20)12-13-14(18)10-9-11-15(13)19/h9-11,16H,5-8,12,20H2,1-4H3. The minimum absolute atomic E-state index is 0.00444. The van der Waals surface area contributed by atoms with E-state index in [4.69, 9.17) is 28.9 Å². The zero-order chi connectivity index (χ0) is 16.0. The number of halogens is 2. The van der Waals surface area contributed by atoms with Crippen LogP contribution in [0, 0.1) is 0 Å². The minimum Gasteiger partial charge on any atom is -0.326 e. The Morgan fingerprint density at radius 1 is 1.05 bits per heavy atom. The molecule has 2 nitrogen and oxygen atoms in total. The Morgan fingerprint density at radius 3 is 1.90 bits per heavy atom. The lowest BCUT2D eigenvalue weighted by molar-refractivity contribution is 0.0628. The largest absolute Gasteiger partial charge is 0.326 e. The van der Waals surface area contributed by atoms with E-state index in [2.05, 4.69) is 32.6 Å². The fourth-order valence-electron chi connectivity index (χ4n) is 3.45. The van der Waals surface area contributed by atoms with E-state index in [-0.39, 0.29) is 11.6 Å². The van der Waals surface area contributed by atoms with E-state index in [1.165, 1.54) is 0 Å². The predicted octanol–water partition coefficient (Wildman–Crippen LogP) is 4.76. The van der Waals surface area contributed by atoms with E-state index in [1.807, 2.05) is 18.2 Å². The topological polar surface area (TPSA) is 29.3 Å². The smallest absolute Gasteiger partial charge is 0.0453 e. The molecule has 1 rings (SSSR count). The van der Waals surface area contributed by atoms with Crippen molar-refractivity contribution in [2.45, 2.75) is 58.5 Å². The number of nitrogens with zero attached hydrogens (tertiary/aromatic N) is 1. The SMILES string of the molecule is CCN(CC)C(CC)(CC)C(N)Cc1c(Cl)cccc1Cl. The molecule has 0 aliphatic rings. The molecule has 0 fully saturated rings. The fourth-order valence-corrected chi connectivity index (χ4v) is 4.00. The molecule has 1 aromatic carbocycles. The van der Waals surface area contributed by atoms with Gasteiger partial charge in [0.25, 0.3) is 0 Å². The maximum absolute atomic E-state index is 6.64. The first-order valence-corrected chi connectivity index (χ1v) is 8.65. The highest BCUT2D eigenvalue weighted by Gasteiger charge is 2.38. The molecule has 0 spiro atoms. The lowest BCUT2D eigenvalue weighted by Gasteiger charge is -2.46. The van der Waals surface area contributed by atoms with Crippen LogP contribution in [0.5, 0.6) is 0 Å². The van der Waals surface area contributed by atoms with Crippen molar-refractivity contribution in [1.29, 1.82) is 0 Å². The van der Waals surface area contributed by atoms with Gasteiger partial charge in [0, 0.05) is 21.6 Å². The molecule has 0 bridgehead atoms. The summed E-state index contributed by atoms with van der Waals surface area (Å²) in [6, 6.07) is 5.64. The summed E-state index contributed by atoms with van der Waals surface area (Å²) in [4.78, 5) is 2.47. The highest BCUT2D eigenvalue weighted by atomic mass is 35.5. The normalized spacial score (nSPS) is 13.7. The van der Waals surface area contributed by atoms with Crippen molar-refractivity contribution in [3.05, 3.63) is 33.8 Å². The van der Waals surface area contributed by atoms with E-state index in [0.29, 0.717) is 16.5 Å².